The molecule has 0 saturated carbocycles. The molecular formula is C12H15ClO3. The molecular weight excluding hydrogens is 228 g/mol. The summed E-state index contributed by atoms with van der Waals surface area (Å²) in [5, 5.41) is 9.54. The van der Waals surface area contributed by atoms with Crippen molar-refractivity contribution < 1.29 is 14.6 Å². The van der Waals surface area contributed by atoms with E-state index in [2.05, 4.69) is 0 Å². The summed E-state index contributed by atoms with van der Waals surface area (Å²) in [6.07, 6.45) is -0.850. The van der Waals surface area contributed by atoms with Crippen molar-refractivity contribution in [3.63, 3.8) is 0 Å². The Morgan fingerprint density at radius 3 is 2.56 bits per heavy atom. The van der Waals surface area contributed by atoms with Crippen molar-refractivity contribution >= 4 is 17.6 Å². The van der Waals surface area contributed by atoms with E-state index in [1.54, 1.807) is 32.0 Å². The predicted octanol–water partition coefficient (Wildman–Crippen LogP) is 3.14. The van der Waals surface area contributed by atoms with Crippen molar-refractivity contribution in [2.75, 3.05) is 0 Å². The molecule has 1 aromatic carbocycles. The number of carboxylic acid groups (broad SMARTS) is 1. The third-order valence-electron chi connectivity index (χ3n) is 2.25. The summed E-state index contributed by atoms with van der Waals surface area (Å²) in [7, 11) is 0. The highest BCUT2D eigenvalue weighted by molar-refractivity contribution is 6.30. The average molecular weight is 243 g/mol. The van der Waals surface area contributed by atoms with E-state index in [9.17, 15) is 4.79 Å². The first kappa shape index (κ1) is 12.8. The molecule has 0 aliphatic rings. The zero-order valence-electron chi connectivity index (χ0n) is 9.53. The highest BCUT2D eigenvalue weighted by Gasteiger charge is 2.24. The van der Waals surface area contributed by atoms with Gasteiger partial charge < -0.3 is 9.84 Å². The molecule has 0 fully saturated rings. The van der Waals surface area contributed by atoms with E-state index in [0.717, 1.165) is 5.56 Å². The van der Waals surface area contributed by atoms with Gasteiger partial charge in [0.2, 0.25) is 0 Å². The molecule has 3 nitrogen and oxygen atoms in total. The van der Waals surface area contributed by atoms with Gasteiger partial charge in [-0.15, -0.1) is 0 Å². The van der Waals surface area contributed by atoms with Crippen LogP contribution >= 0.6 is 11.6 Å². The lowest BCUT2D eigenvalue weighted by Crippen LogP contribution is -2.32. The molecule has 0 spiro atoms. The molecule has 4 heteroatoms. The normalized spacial score (nSPS) is 12.6. The number of hydrogen-bond donors (Lipinski definition) is 1. The smallest absolute Gasteiger partial charge is 0.345 e. The minimum Gasteiger partial charge on any atom is -0.478 e. The second-order valence-corrected chi connectivity index (χ2v) is 4.47. The lowest BCUT2D eigenvalue weighted by molar-refractivity contribution is -0.147. The maximum Gasteiger partial charge on any atom is 0.345 e. The van der Waals surface area contributed by atoms with Gasteiger partial charge in [0.05, 0.1) is 0 Å². The highest BCUT2D eigenvalue weighted by Crippen LogP contribution is 2.25. The number of aryl methyl sites for hydroxylation is 1. The van der Waals surface area contributed by atoms with Crippen LogP contribution in [-0.2, 0) is 4.79 Å². The monoisotopic (exact) mass is 242 g/mol. The number of carbonyl (C=O) groups is 1. The summed E-state index contributed by atoms with van der Waals surface area (Å²) in [5.74, 6) is -0.543. The molecule has 1 atom stereocenters. The lowest BCUT2D eigenvalue weighted by atomic mass is 10.1. The van der Waals surface area contributed by atoms with E-state index in [-0.39, 0.29) is 5.92 Å². The van der Waals surface area contributed by atoms with Crippen molar-refractivity contribution in [2.45, 2.75) is 26.9 Å². The summed E-state index contributed by atoms with van der Waals surface area (Å²) in [4.78, 5) is 11.0. The Morgan fingerprint density at radius 1 is 1.44 bits per heavy atom. The molecule has 0 saturated heterocycles. The van der Waals surface area contributed by atoms with Crippen LogP contribution < -0.4 is 4.74 Å². The van der Waals surface area contributed by atoms with E-state index in [1.165, 1.54) is 0 Å². The van der Waals surface area contributed by atoms with E-state index in [4.69, 9.17) is 21.4 Å². The molecule has 0 amide bonds. The zero-order chi connectivity index (χ0) is 12.3. The number of ether oxygens (including phenoxy) is 1. The third-order valence-corrected chi connectivity index (χ3v) is 2.49. The topological polar surface area (TPSA) is 46.5 Å². The molecule has 1 rings (SSSR count). The Kier molecular flexibility index (Phi) is 4.19. The van der Waals surface area contributed by atoms with Gasteiger partial charge in [-0.05, 0) is 24.6 Å². The number of hydrogen-bond acceptors (Lipinski definition) is 2. The number of rotatable bonds is 4. The number of halogens is 1. The van der Waals surface area contributed by atoms with Gasteiger partial charge in [-0.1, -0.05) is 31.5 Å². The van der Waals surface area contributed by atoms with Crippen LogP contribution in [0.2, 0.25) is 5.02 Å². The van der Waals surface area contributed by atoms with Crippen molar-refractivity contribution in [3.05, 3.63) is 28.8 Å². The lowest BCUT2D eigenvalue weighted by Gasteiger charge is -2.19. The van der Waals surface area contributed by atoms with Gasteiger partial charge in [-0.3, -0.25) is 0 Å². The zero-order valence-corrected chi connectivity index (χ0v) is 10.3. The maximum absolute atomic E-state index is 11.0. The largest absolute Gasteiger partial charge is 0.478 e. The Bertz CT molecular complexity index is 388. The van der Waals surface area contributed by atoms with Gasteiger partial charge >= 0.3 is 5.97 Å². The first-order valence-electron chi connectivity index (χ1n) is 5.07. The van der Waals surface area contributed by atoms with Gasteiger partial charge in [0.1, 0.15) is 5.75 Å². The van der Waals surface area contributed by atoms with Gasteiger partial charge in [-0.2, -0.15) is 0 Å². The number of benzene rings is 1. The van der Waals surface area contributed by atoms with Crippen LogP contribution in [0.5, 0.6) is 5.75 Å². The minimum atomic E-state index is -0.964. The van der Waals surface area contributed by atoms with Crippen LogP contribution in [0.25, 0.3) is 0 Å². The van der Waals surface area contributed by atoms with Gasteiger partial charge in [0.25, 0.3) is 0 Å². The Labute approximate surface area is 100.0 Å². The quantitative estimate of drug-likeness (QED) is 0.882. The highest BCUT2D eigenvalue weighted by atomic mass is 35.5. The SMILES string of the molecule is Cc1ccc(Cl)cc1OC(C(=O)O)C(C)C. The molecule has 1 N–H and O–H groups in total. The molecule has 0 radical (unpaired) electrons. The van der Waals surface area contributed by atoms with Gasteiger partial charge in [0.15, 0.2) is 6.10 Å². The summed E-state index contributed by atoms with van der Waals surface area (Å²) < 4.78 is 5.46. The van der Waals surface area contributed by atoms with Gasteiger partial charge in [-0.25, -0.2) is 4.79 Å². The minimum absolute atomic E-state index is 0.101. The van der Waals surface area contributed by atoms with Crippen molar-refractivity contribution in [1.82, 2.24) is 0 Å². The fourth-order valence-corrected chi connectivity index (χ4v) is 1.47. The third kappa shape index (κ3) is 3.14. The Balaban J connectivity index is 2.93. The second-order valence-electron chi connectivity index (χ2n) is 4.03. The van der Waals surface area contributed by atoms with Crippen LogP contribution in [0.4, 0.5) is 0 Å². The van der Waals surface area contributed by atoms with E-state index in [0.29, 0.717) is 10.8 Å². The fourth-order valence-electron chi connectivity index (χ4n) is 1.31. The van der Waals surface area contributed by atoms with Crippen LogP contribution in [0.3, 0.4) is 0 Å². The molecule has 88 valence electrons. The standard InChI is InChI=1S/C12H15ClO3/c1-7(2)11(12(14)15)16-10-6-9(13)5-4-8(10)3/h4-7,11H,1-3H3,(H,14,15). The molecule has 0 bridgehead atoms. The van der Waals surface area contributed by atoms with Crippen LogP contribution in [0.15, 0.2) is 18.2 Å². The molecule has 0 heterocycles. The van der Waals surface area contributed by atoms with Gasteiger partial charge in [0, 0.05) is 10.9 Å². The van der Waals surface area contributed by atoms with Crippen LogP contribution in [-0.4, -0.2) is 17.2 Å². The first-order valence-corrected chi connectivity index (χ1v) is 5.45. The fraction of sp³-hybridized carbons (Fsp3) is 0.417. The van der Waals surface area contributed by atoms with Crippen molar-refractivity contribution in [3.8, 4) is 5.75 Å². The number of aliphatic carboxylic acids is 1. The molecule has 0 aromatic heterocycles. The van der Waals surface area contributed by atoms with E-state index >= 15 is 0 Å². The summed E-state index contributed by atoms with van der Waals surface area (Å²) in [5.41, 5.74) is 0.872. The molecule has 16 heavy (non-hydrogen) atoms. The maximum atomic E-state index is 11.0. The van der Waals surface area contributed by atoms with E-state index in [1.807, 2.05) is 6.92 Å². The van der Waals surface area contributed by atoms with Crippen LogP contribution in [0, 0.1) is 12.8 Å². The van der Waals surface area contributed by atoms with Crippen LogP contribution in [0.1, 0.15) is 19.4 Å². The molecule has 1 aromatic rings. The first-order chi connectivity index (χ1) is 7.41. The summed E-state index contributed by atoms with van der Waals surface area (Å²) in [6, 6.07) is 5.18. The van der Waals surface area contributed by atoms with Crippen molar-refractivity contribution in [2.24, 2.45) is 5.92 Å². The summed E-state index contributed by atoms with van der Waals surface area (Å²) in [6.45, 7) is 5.46. The second kappa shape index (κ2) is 5.21. The molecule has 0 aliphatic heterocycles. The Morgan fingerprint density at radius 2 is 2.06 bits per heavy atom. The summed E-state index contributed by atoms with van der Waals surface area (Å²) >= 11 is 5.83. The number of carboxylic acids is 1. The molecule has 0 aliphatic carbocycles. The Hall–Kier alpha value is -1.22. The molecule has 1 unspecified atom stereocenters. The van der Waals surface area contributed by atoms with E-state index < -0.39 is 12.1 Å². The van der Waals surface area contributed by atoms with Crippen molar-refractivity contribution in [1.29, 1.82) is 0 Å². The predicted molar refractivity (Wildman–Crippen MR) is 63.1 cm³/mol. The average Bonchev–Trinajstić information content (AvgIpc) is 2.18.